The van der Waals surface area contributed by atoms with E-state index in [1.165, 1.54) is 6.07 Å². The Morgan fingerprint density at radius 3 is 3.00 bits per heavy atom. The van der Waals surface area contributed by atoms with Crippen LogP contribution in [0.2, 0.25) is 0 Å². The van der Waals surface area contributed by atoms with E-state index in [0.29, 0.717) is 6.42 Å². The van der Waals surface area contributed by atoms with Gasteiger partial charge in [0.05, 0.1) is 0 Å². The molecule has 1 nitrogen and oxygen atoms in total. The molecular formula is C10H10FN. The van der Waals surface area contributed by atoms with Gasteiger partial charge in [0, 0.05) is 23.9 Å². The van der Waals surface area contributed by atoms with Crippen LogP contribution in [0.1, 0.15) is 11.1 Å². The molecular weight excluding hydrogens is 153 g/mol. The van der Waals surface area contributed by atoms with Crippen molar-refractivity contribution in [3.05, 3.63) is 41.2 Å². The maximum absolute atomic E-state index is 13.1. The molecule has 0 aliphatic heterocycles. The Bertz CT molecular complexity index is 342. The molecule has 1 aromatic rings. The van der Waals surface area contributed by atoms with Gasteiger partial charge >= 0.3 is 0 Å². The second kappa shape index (κ2) is 2.63. The van der Waals surface area contributed by atoms with Gasteiger partial charge in [0.2, 0.25) is 0 Å². The molecule has 0 radical (unpaired) electrons. The van der Waals surface area contributed by atoms with E-state index >= 15 is 0 Å². The molecule has 0 aromatic heterocycles. The minimum atomic E-state index is -0.103. The fourth-order valence-electron chi connectivity index (χ4n) is 1.57. The molecule has 0 saturated carbocycles. The average Bonchev–Trinajstić information content (AvgIpc) is 2.49. The van der Waals surface area contributed by atoms with Crippen LogP contribution in [0.4, 0.5) is 4.39 Å². The van der Waals surface area contributed by atoms with E-state index in [0.717, 1.165) is 16.8 Å². The lowest BCUT2D eigenvalue weighted by atomic mass is 10.1. The first-order valence-electron chi connectivity index (χ1n) is 3.98. The summed E-state index contributed by atoms with van der Waals surface area (Å²) in [6.07, 6.45) is 2.71. The second-order valence-corrected chi connectivity index (χ2v) is 2.84. The van der Waals surface area contributed by atoms with Gasteiger partial charge < -0.3 is 5.32 Å². The fraction of sp³-hybridized carbons (Fsp3) is 0.200. The van der Waals surface area contributed by atoms with Gasteiger partial charge in [-0.3, -0.25) is 0 Å². The summed E-state index contributed by atoms with van der Waals surface area (Å²) < 4.78 is 13.1. The number of hydrogen-bond acceptors (Lipinski definition) is 1. The van der Waals surface area contributed by atoms with Crippen LogP contribution in [0, 0.1) is 5.82 Å². The highest BCUT2D eigenvalue weighted by Crippen LogP contribution is 2.26. The normalized spacial score (nSPS) is 14.0. The summed E-state index contributed by atoms with van der Waals surface area (Å²) in [5.41, 5.74) is 2.84. The first-order chi connectivity index (χ1) is 5.83. The highest BCUT2D eigenvalue weighted by Gasteiger charge is 2.15. The minimum Gasteiger partial charge on any atom is -0.388 e. The molecule has 0 amide bonds. The zero-order chi connectivity index (χ0) is 8.55. The highest BCUT2D eigenvalue weighted by atomic mass is 19.1. The smallest absolute Gasteiger partial charge is 0.127 e. The highest BCUT2D eigenvalue weighted by molar-refractivity contribution is 5.71. The van der Waals surface area contributed by atoms with Gasteiger partial charge in [-0.1, -0.05) is 18.2 Å². The van der Waals surface area contributed by atoms with Crippen molar-refractivity contribution in [3.63, 3.8) is 0 Å². The van der Waals surface area contributed by atoms with E-state index in [9.17, 15) is 4.39 Å². The number of allylic oxidation sites excluding steroid dienone is 1. The van der Waals surface area contributed by atoms with Crippen LogP contribution in [-0.4, -0.2) is 7.05 Å². The van der Waals surface area contributed by atoms with Crippen molar-refractivity contribution in [3.8, 4) is 0 Å². The first-order valence-corrected chi connectivity index (χ1v) is 3.98. The predicted molar refractivity (Wildman–Crippen MR) is 47.1 cm³/mol. The Morgan fingerprint density at radius 2 is 2.25 bits per heavy atom. The Balaban J connectivity index is 2.53. The Kier molecular flexibility index (Phi) is 1.61. The summed E-state index contributed by atoms with van der Waals surface area (Å²) in [5, 5.41) is 3.04. The van der Waals surface area contributed by atoms with Crippen LogP contribution >= 0.6 is 0 Å². The number of rotatable bonds is 1. The van der Waals surface area contributed by atoms with Crippen LogP contribution in [0.3, 0.4) is 0 Å². The number of benzene rings is 1. The summed E-state index contributed by atoms with van der Waals surface area (Å²) in [5.74, 6) is -0.103. The average molecular weight is 163 g/mol. The van der Waals surface area contributed by atoms with Gasteiger partial charge in [-0.2, -0.15) is 0 Å². The number of nitrogens with one attached hydrogen (secondary N) is 1. The Hall–Kier alpha value is -1.31. The van der Waals surface area contributed by atoms with Crippen molar-refractivity contribution < 1.29 is 4.39 Å². The topological polar surface area (TPSA) is 12.0 Å². The summed E-state index contributed by atoms with van der Waals surface area (Å²) in [6, 6.07) is 5.18. The third-order valence-corrected chi connectivity index (χ3v) is 2.19. The molecule has 0 bridgehead atoms. The molecule has 0 fully saturated rings. The zero-order valence-corrected chi connectivity index (χ0v) is 6.89. The van der Waals surface area contributed by atoms with Crippen molar-refractivity contribution in [2.24, 2.45) is 0 Å². The van der Waals surface area contributed by atoms with E-state index in [2.05, 4.69) is 5.32 Å². The Morgan fingerprint density at radius 1 is 1.42 bits per heavy atom. The lowest BCUT2D eigenvalue weighted by Gasteiger charge is -2.04. The van der Waals surface area contributed by atoms with E-state index in [1.807, 2.05) is 19.2 Å². The molecule has 1 aliphatic rings. The lowest BCUT2D eigenvalue weighted by Crippen LogP contribution is -2.02. The quantitative estimate of drug-likeness (QED) is 0.667. The monoisotopic (exact) mass is 163 g/mol. The number of hydrogen-bond donors (Lipinski definition) is 1. The minimum absolute atomic E-state index is 0.103. The first kappa shape index (κ1) is 7.35. The SMILES string of the molecule is CNC1=CCc2c(F)cccc21. The van der Waals surface area contributed by atoms with Crippen LogP contribution in [-0.2, 0) is 6.42 Å². The largest absolute Gasteiger partial charge is 0.388 e. The molecule has 12 heavy (non-hydrogen) atoms. The van der Waals surface area contributed by atoms with E-state index in [1.54, 1.807) is 6.07 Å². The van der Waals surface area contributed by atoms with Crippen LogP contribution in [0.5, 0.6) is 0 Å². The molecule has 2 heteroatoms. The van der Waals surface area contributed by atoms with Crippen LogP contribution in [0.15, 0.2) is 24.3 Å². The molecule has 0 heterocycles. The Labute approximate surface area is 70.9 Å². The van der Waals surface area contributed by atoms with Gasteiger partial charge in [-0.05, 0) is 12.5 Å². The standard InChI is InChI=1S/C10H10FN/c1-12-10-6-5-7-8(10)3-2-4-9(7)11/h2-4,6,12H,5H2,1H3. The van der Waals surface area contributed by atoms with E-state index in [4.69, 9.17) is 0 Å². The molecule has 2 rings (SSSR count). The fourth-order valence-corrected chi connectivity index (χ4v) is 1.57. The molecule has 0 unspecified atom stereocenters. The third-order valence-electron chi connectivity index (χ3n) is 2.19. The molecule has 1 aliphatic carbocycles. The molecule has 62 valence electrons. The predicted octanol–water partition coefficient (Wildman–Crippen LogP) is 1.94. The number of fused-ring (bicyclic) bond motifs is 1. The molecule has 0 atom stereocenters. The summed E-state index contributed by atoms with van der Waals surface area (Å²) in [7, 11) is 1.85. The van der Waals surface area contributed by atoms with Crippen molar-refractivity contribution in [2.45, 2.75) is 6.42 Å². The molecule has 0 saturated heterocycles. The molecule has 1 N–H and O–H groups in total. The van der Waals surface area contributed by atoms with Gasteiger partial charge in [0.1, 0.15) is 5.82 Å². The van der Waals surface area contributed by atoms with Crippen LogP contribution in [0.25, 0.3) is 5.70 Å². The maximum atomic E-state index is 13.1. The van der Waals surface area contributed by atoms with Crippen molar-refractivity contribution in [2.75, 3.05) is 7.05 Å². The van der Waals surface area contributed by atoms with Crippen molar-refractivity contribution in [1.82, 2.24) is 5.32 Å². The lowest BCUT2D eigenvalue weighted by molar-refractivity contribution is 0.615. The summed E-state index contributed by atoms with van der Waals surface area (Å²) >= 11 is 0. The molecule has 0 spiro atoms. The molecule has 1 aromatic carbocycles. The van der Waals surface area contributed by atoms with Crippen LogP contribution < -0.4 is 5.32 Å². The van der Waals surface area contributed by atoms with Gasteiger partial charge in [0.15, 0.2) is 0 Å². The van der Waals surface area contributed by atoms with Crippen molar-refractivity contribution >= 4 is 5.70 Å². The van der Waals surface area contributed by atoms with E-state index in [-0.39, 0.29) is 5.82 Å². The van der Waals surface area contributed by atoms with Gasteiger partial charge in [0.25, 0.3) is 0 Å². The third kappa shape index (κ3) is 0.916. The zero-order valence-electron chi connectivity index (χ0n) is 6.89. The van der Waals surface area contributed by atoms with Gasteiger partial charge in [-0.15, -0.1) is 0 Å². The van der Waals surface area contributed by atoms with Gasteiger partial charge in [-0.25, -0.2) is 4.39 Å². The maximum Gasteiger partial charge on any atom is 0.127 e. The summed E-state index contributed by atoms with van der Waals surface area (Å²) in [4.78, 5) is 0. The second-order valence-electron chi connectivity index (χ2n) is 2.84. The number of halogens is 1. The summed E-state index contributed by atoms with van der Waals surface area (Å²) in [6.45, 7) is 0. The van der Waals surface area contributed by atoms with Crippen molar-refractivity contribution in [1.29, 1.82) is 0 Å². The van der Waals surface area contributed by atoms with E-state index < -0.39 is 0 Å².